The number of benzene rings is 2. The van der Waals surface area contributed by atoms with Gasteiger partial charge in [-0.3, -0.25) is 4.98 Å². The minimum absolute atomic E-state index is 0.402. The van der Waals surface area contributed by atoms with Gasteiger partial charge in [0, 0.05) is 3.57 Å². The lowest BCUT2D eigenvalue weighted by atomic mass is 10.3. The molecule has 0 spiro atoms. The van der Waals surface area contributed by atoms with Crippen LogP contribution in [0.4, 0.5) is 0 Å². The number of hydrogen-bond acceptors (Lipinski definition) is 3. The van der Waals surface area contributed by atoms with Crippen molar-refractivity contribution in [2.45, 2.75) is 0 Å². The van der Waals surface area contributed by atoms with Gasteiger partial charge in [0.25, 0.3) is 0 Å². The molecule has 0 aliphatic rings. The second kappa shape index (κ2) is 4.49. The normalized spacial score (nSPS) is 10.7. The number of nitrogens with one attached hydrogen (secondary N) is 1. The summed E-state index contributed by atoms with van der Waals surface area (Å²) in [7, 11) is 0. The highest BCUT2D eigenvalue weighted by Gasteiger charge is 2.00. The average Bonchev–Trinajstić information content (AvgIpc) is 2.33. The maximum absolute atomic E-state index is 11.7. The van der Waals surface area contributed by atoms with Crippen molar-refractivity contribution < 1.29 is 8.83 Å². The molecule has 1 aromatic heterocycles. The topological polar surface area (TPSA) is 59.1 Å². The molecule has 4 nitrogen and oxygen atoms in total. The maximum atomic E-state index is 11.7. The second-order valence-corrected chi connectivity index (χ2v) is 4.95. The predicted octanol–water partition coefficient (Wildman–Crippen LogP) is 3.60. The zero-order valence-electron chi connectivity index (χ0n) is 9.14. The van der Waals surface area contributed by atoms with Crippen molar-refractivity contribution in [2.24, 2.45) is 0 Å². The standard InChI is InChI=1S/C13H8INO3/c14-8-5-6-9-12(7-8)17-10-3-1-2-4-11(10)18-13(16)15-9/h1-7H,(H,15,16). The van der Waals surface area contributed by atoms with Gasteiger partial charge < -0.3 is 8.83 Å². The number of rotatable bonds is 0. The van der Waals surface area contributed by atoms with Gasteiger partial charge in [-0.2, -0.15) is 0 Å². The molecule has 18 heavy (non-hydrogen) atoms. The second-order valence-electron chi connectivity index (χ2n) is 3.70. The Morgan fingerprint density at radius 1 is 0.944 bits per heavy atom. The van der Waals surface area contributed by atoms with Crippen LogP contribution in [-0.2, 0) is 0 Å². The molecule has 0 saturated carbocycles. The summed E-state index contributed by atoms with van der Waals surface area (Å²) in [5.74, 6) is -0.520. The van der Waals surface area contributed by atoms with E-state index in [0.29, 0.717) is 22.3 Å². The van der Waals surface area contributed by atoms with Crippen molar-refractivity contribution in [3.8, 4) is 0 Å². The molecule has 0 atom stereocenters. The third-order valence-corrected chi connectivity index (χ3v) is 3.12. The summed E-state index contributed by atoms with van der Waals surface area (Å²) in [4.78, 5) is 14.3. The lowest BCUT2D eigenvalue weighted by molar-refractivity contribution is 0.524. The van der Waals surface area contributed by atoms with Gasteiger partial charge in [-0.1, -0.05) is 12.1 Å². The first kappa shape index (κ1) is 11.3. The quantitative estimate of drug-likeness (QED) is 0.629. The molecule has 0 saturated heterocycles. The molecule has 0 fully saturated rings. The number of aromatic nitrogens is 1. The Morgan fingerprint density at radius 3 is 2.44 bits per heavy atom. The first-order chi connectivity index (χ1) is 8.72. The molecule has 90 valence electrons. The molecule has 0 aliphatic carbocycles. The van der Waals surface area contributed by atoms with Crippen molar-refractivity contribution in [3.63, 3.8) is 0 Å². The van der Waals surface area contributed by atoms with Crippen LogP contribution in [0.3, 0.4) is 0 Å². The lowest BCUT2D eigenvalue weighted by Gasteiger charge is -1.98. The number of aromatic amines is 1. The molecule has 0 radical (unpaired) electrons. The van der Waals surface area contributed by atoms with E-state index in [0.717, 1.165) is 3.57 Å². The van der Waals surface area contributed by atoms with Crippen LogP contribution in [0.25, 0.3) is 22.3 Å². The molecule has 0 unspecified atom stereocenters. The highest BCUT2D eigenvalue weighted by molar-refractivity contribution is 14.1. The molecule has 3 rings (SSSR count). The Labute approximate surface area is 115 Å². The van der Waals surface area contributed by atoms with E-state index in [2.05, 4.69) is 27.6 Å². The molecular formula is C13H8INO3. The minimum atomic E-state index is -0.520. The molecule has 0 amide bonds. The van der Waals surface area contributed by atoms with Gasteiger partial charge in [0.15, 0.2) is 16.7 Å². The van der Waals surface area contributed by atoms with Crippen LogP contribution in [0, 0.1) is 3.57 Å². The summed E-state index contributed by atoms with van der Waals surface area (Å²) in [6.45, 7) is 0. The van der Waals surface area contributed by atoms with Crippen molar-refractivity contribution in [3.05, 3.63) is 56.6 Å². The number of para-hydroxylation sites is 2. The summed E-state index contributed by atoms with van der Waals surface area (Å²) in [5, 5.41) is 0. The van der Waals surface area contributed by atoms with E-state index in [-0.39, 0.29) is 0 Å². The van der Waals surface area contributed by atoms with E-state index >= 15 is 0 Å². The fourth-order valence-electron chi connectivity index (χ4n) is 1.66. The number of hydrogen-bond donors (Lipinski definition) is 1. The maximum Gasteiger partial charge on any atom is 0.417 e. The van der Waals surface area contributed by atoms with E-state index in [9.17, 15) is 4.79 Å². The van der Waals surface area contributed by atoms with Gasteiger partial charge in [-0.25, -0.2) is 4.79 Å². The Morgan fingerprint density at radius 2 is 1.67 bits per heavy atom. The molecule has 1 N–H and O–H groups in total. The first-order valence-corrected chi connectivity index (χ1v) is 6.35. The minimum Gasteiger partial charge on any atom is -0.451 e. The SMILES string of the molecule is O=c1[nH]c2ccc(I)cc2oc2ccccc2o1. The molecular weight excluding hydrogens is 345 g/mol. The summed E-state index contributed by atoms with van der Waals surface area (Å²) >= 11 is 2.19. The molecule has 1 heterocycles. The highest BCUT2D eigenvalue weighted by atomic mass is 127. The molecule has 3 aromatic rings. The van der Waals surface area contributed by atoms with Gasteiger partial charge in [0.2, 0.25) is 0 Å². The largest absolute Gasteiger partial charge is 0.451 e. The van der Waals surface area contributed by atoms with Crippen LogP contribution in [0.5, 0.6) is 0 Å². The number of halogens is 1. The molecule has 0 aliphatic heterocycles. The molecule has 2 aromatic carbocycles. The first-order valence-electron chi connectivity index (χ1n) is 5.27. The fourth-order valence-corrected chi connectivity index (χ4v) is 2.12. The smallest absolute Gasteiger partial charge is 0.417 e. The summed E-state index contributed by atoms with van der Waals surface area (Å²) in [6, 6.07) is 12.6. The summed E-state index contributed by atoms with van der Waals surface area (Å²) in [6.07, 6.45) is 0. The Bertz CT molecular complexity index is 827. The summed E-state index contributed by atoms with van der Waals surface area (Å²) < 4.78 is 11.9. The van der Waals surface area contributed by atoms with E-state index in [1.165, 1.54) is 0 Å². The number of H-pyrrole nitrogens is 1. The van der Waals surface area contributed by atoms with Gasteiger partial charge in [-0.05, 0) is 52.9 Å². The van der Waals surface area contributed by atoms with E-state index in [1.54, 1.807) is 24.3 Å². The highest BCUT2D eigenvalue weighted by Crippen LogP contribution is 2.17. The van der Waals surface area contributed by atoms with Gasteiger partial charge >= 0.3 is 5.76 Å². The Kier molecular flexibility index (Phi) is 2.83. The van der Waals surface area contributed by atoms with E-state index < -0.39 is 5.76 Å². The average molecular weight is 353 g/mol. The Balaban J connectivity index is 2.57. The van der Waals surface area contributed by atoms with Crippen LogP contribution in [0.1, 0.15) is 0 Å². The predicted molar refractivity (Wildman–Crippen MR) is 77.0 cm³/mol. The van der Waals surface area contributed by atoms with Gasteiger partial charge in [0.1, 0.15) is 0 Å². The zero-order valence-corrected chi connectivity index (χ0v) is 11.3. The van der Waals surface area contributed by atoms with E-state index in [1.807, 2.05) is 18.2 Å². The third kappa shape index (κ3) is 2.13. The van der Waals surface area contributed by atoms with Crippen LogP contribution in [-0.4, -0.2) is 4.98 Å². The fraction of sp³-hybridized carbons (Fsp3) is 0. The van der Waals surface area contributed by atoms with Crippen molar-refractivity contribution >= 4 is 44.9 Å². The van der Waals surface area contributed by atoms with Crippen LogP contribution in [0.2, 0.25) is 0 Å². The van der Waals surface area contributed by atoms with Crippen LogP contribution < -0.4 is 5.76 Å². The number of fused-ring (bicyclic) bond motifs is 2. The van der Waals surface area contributed by atoms with Gasteiger partial charge in [0.05, 0.1) is 5.52 Å². The molecule has 0 bridgehead atoms. The Hall–Kier alpha value is -1.76. The summed E-state index contributed by atoms with van der Waals surface area (Å²) in [5.41, 5.74) is 2.12. The van der Waals surface area contributed by atoms with Crippen LogP contribution in [0.15, 0.2) is 56.1 Å². The van der Waals surface area contributed by atoms with Crippen molar-refractivity contribution in [2.75, 3.05) is 0 Å². The van der Waals surface area contributed by atoms with Crippen LogP contribution >= 0.6 is 22.6 Å². The zero-order chi connectivity index (χ0) is 12.5. The lowest BCUT2D eigenvalue weighted by Crippen LogP contribution is -2.00. The monoisotopic (exact) mass is 353 g/mol. The van der Waals surface area contributed by atoms with Crippen molar-refractivity contribution in [1.82, 2.24) is 4.98 Å². The van der Waals surface area contributed by atoms with E-state index in [4.69, 9.17) is 8.83 Å². The van der Waals surface area contributed by atoms with Gasteiger partial charge in [-0.15, -0.1) is 0 Å². The third-order valence-electron chi connectivity index (χ3n) is 2.45. The van der Waals surface area contributed by atoms with Crippen molar-refractivity contribution in [1.29, 1.82) is 0 Å². The molecule has 5 heteroatoms.